The lowest BCUT2D eigenvalue weighted by Crippen LogP contribution is -2.30. The maximum atomic E-state index is 13.1. The van der Waals surface area contributed by atoms with Crippen molar-refractivity contribution in [3.05, 3.63) is 65.5 Å². The summed E-state index contributed by atoms with van der Waals surface area (Å²) < 4.78 is 19.1. The van der Waals surface area contributed by atoms with E-state index in [0.29, 0.717) is 18.4 Å². The molecule has 0 bridgehead atoms. The number of halogens is 1. The first-order valence-corrected chi connectivity index (χ1v) is 7.47. The third-order valence-corrected chi connectivity index (χ3v) is 4.20. The van der Waals surface area contributed by atoms with Crippen LogP contribution < -0.4 is 0 Å². The lowest BCUT2D eigenvalue weighted by molar-refractivity contribution is -0.158. The molecule has 0 saturated carbocycles. The Morgan fingerprint density at radius 1 is 1.00 bits per heavy atom. The van der Waals surface area contributed by atoms with E-state index in [9.17, 15) is 19.4 Å². The zero-order valence-corrected chi connectivity index (χ0v) is 12.4. The number of phenols is 1. The number of carboxylic acid groups (broad SMARTS) is 1. The van der Waals surface area contributed by atoms with Crippen molar-refractivity contribution in [2.24, 2.45) is 5.92 Å². The lowest BCUT2D eigenvalue weighted by Gasteiger charge is -2.35. The van der Waals surface area contributed by atoms with Crippen LogP contribution in [-0.2, 0) is 9.53 Å². The monoisotopic (exact) mass is 316 g/mol. The van der Waals surface area contributed by atoms with E-state index in [1.807, 2.05) is 0 Å². The summed E-state index contributed by atoms with van der Waals surface area (Å²) in [6.45, 7) is 0. The van der Waals surface area contributed by atoms with Crippen LogP contribution in [0, 0.1) is 11.7 Å². The molecule has 5 heteroatoms. The van der Waals surface area contributed by atoms with Crippen LogP contribution in [0.2, 0.25) is 0 Å². The van der Waals surface area contributed by atoms with E-state index in [0.717, 1.165) is 5.56 Å². The van der Waals surface area contributed by atoms with Gasteiger partial charge in [0.25, 0.3) is 0 Å². The van der Waals surface area contributed by atoms with Crippen molar-refractivity contribution < 1.29 is 24.1 Å². The summed E-state index contributed by atoms with van der Waals surface area (Å²) in [6, 6.07) is 12.4. The topological polar surface area (TPSA) is 66.8 Å². The molecule has 4 nitrogen and oxygen atoms in total. The molecular weight excluding hydrogens is 299 g/mol. The molecule has 0 radical (unpaired) electrons. The number of benzene rings is 2. The minimum atomic E-state index is -0.902. The fourth-order valence-corrected chi connectivity index (χ4v) is 2.97. The molecule has 3 atom stereocenters. The van der Waals surface area contributed by atoms with Crippen molar-refractivity contribution in [2.45, 2.75) is 25.0 Å². The van der Waals surface area contributed by atoms with Gasteiger partial charge in [0, 0.05) is 0 Å². The van der Waals surface area contributed by atoms with Gasteiger partial charge in [0.05, 0.1) is 18.1 Å². The number of carbonyl (C=O) groups is 1. The zero-order valence-electron chi connectivity index (χ0n) is 12.4. The molecule has 0 unspecified atom stereocenters. The van der Waals surface area contributed by atoms with Crippen LogP contribution in [0.1, 0.15) is 36.2 Å². The molecule has 0 aromatic heterocycles. The van der Waals surface area contributed by atoms with Crippen molar-refractivity contribution in [1.82, 2.24) is 0 Å². The van der Waals surface area contributed by atoms with Gasteiger partial charge >= 0.3 is 5.97 Å². The van der Waals surface area contributed by atoms with Gasteiger partial charge in [-0.05, 0) is 48.2 Å². The number of hydrogen-bond acceptors (Lipinski definition) is 3. The van der Waals surface area contributed by atoms with Crippen LogP contribution in [-0.4, -0.2) is 16.2 Å². The van der Waals surface area contributed by atoms with Crippen molar-refractivity contribution in [1.29, 1.82) is 0 Å². The minimum absolute atomic E-state index is 0.117. The van der Waals surface area contributed by atoms with Crippen molar-refractivity contribution >= 4 is 5.97 Å². The quantitative estimate of drug-likeness (QED) is 0.903. The minimum Gasteiger partial charge on any atom is -0.508 e. The van der Waals surface area contributed by atoms with Crippen LogP contribution in [0.5, 0.6) is 5.75 Å². The predicted octanol–water partition coefficient (Wildman–Crippen LogP) is 3.82. The van der Waals surface area contributed by atoms with E-state index in [-0.39, 0.29) is 17.7 Å². The average molecular weight is 316 g/mol. The van der Waals surface area contributed by atoms with Crippen molar-refractivity contribution in [2.75, 3.05) is 0 Å². The summed E-state index contributed by atoms with van der Waals surface area (Å²) in [5, 5.41) is 18.8. The standard InChI is InChI=1S/C18H17FO4/c19-13-5-1-11(2-6-13)16-10-9-15(18(21)22)17(23-16)12-3-7-14(20)8-4-12/h1-8,15-17,20H,9-10H2,(H,21,22)/t15-,16+,17+/m1/s1. The molecule has 2 N–H and O–H groups in total. The van der Waals surface area contributed by atoms with Crippen molar-refractivity contribution in [3.63, 3.8) is 0 Å². The molecule has 1 aliphatic rings. The van der Waals surface area contributed by atoms with E-state index >= 15 is 0 Å². The molecular formula is C18H17FO4. The van der Waals surface area contributed by atoms with Crippen LogP contribution >= 0.6 is 0 Å². The van der Waals surface area contributed by atoms with Crippen molar-refractivity contribution in [3.8, 4) is 5.75 Å². The number of phenolic OH excluding ortho intramolecular Hbond substituents is 1. The number of ether oxygens (including phenoxy) is 1. The summed E-state index contributed by atoms with van der Waals surface area (Å²) >= 11 is 0. The summed E-state index contributed by atoms with van der Waals surface area (Å²) in [5.74, 6) is -1.74. The first kappa shape index (κ1) is 15.5. The van der Waals surface area contributed by atoms with Gasteiger partial charge in [0.1, 0.15) is 11.6 Å². The molecule has 23 heavy (non-hydrogen) atoms. The smallest absolute Gasteiger partial charge is 0.309 e. The van der Waals surface area contributed by atoms with Gasteiger partial charge < -0.3 is 14.9 Å². The normalized spacial score (nSPS) is 24.3. The Morgan fingerprint density at radius 3 is 2.22 bits per heavy atom. The highest BCUT2D eigenvalue weighted by Crippen LogP contribution is 2.42. The Hall–Kier alpha value is -2.40. The molecule has 0 spiro atoms. The average Bonchev–Trinajstić information content (AvgIpc) is 2.55. The van der Waals surface area contributed by atoms with E-state index in [2.05, 4.69) is 0 Å². The summed E-state index contributed by atoms with van der Waals surface area (Å²) in [7, 11) is 0. The number of rotatable bonds is 3. The molecule has 3 rings (SSSR count). The van der Waals surface area contributed by atoms with E-state index in [1.54, 1.807) is 24.3 Å². The third-order valence-electron chi connectivity index (χ3n) is 4.20. The second-order valence-electron chi connectivity index (χ2n) is 5.71. The van der Waals surface area contributed by atoms with Gasteiger partial charge in [-0.15, -0.1) is 0 Å². The number of aliphatic carboxylic acids is 1. The second-order valence-corrected chi connectivity index (χ2v) is 5.71. The maximum absolute atomic E-state index is 13.1. The van der Waals surface area contributed by atoms with Crippen LogP contribution in [0.25, 0.3) is 0 Å². The largest absolute Gasteiger partial charge is 0.508 e. The highest BCUT2D eigenvalue weighted by atomic mass is 19.1. The Labute approximate surface area is 133 Å². The fraction of sp³-hybridized carbons (Fsp3) is 0.278. The van der Waals surface area contributed by atoms with Crippen LogP contribution in [0.3, 0.4) is 0 Å². The van der Waals surface area contributed by atoms with Gasteiger partial charge in [-0.1, -0.05) is 24.3 Å². The second kappa shape index (κ2) is 6.38. The van der Waals surface area contributed by atoms with Gasteiger partial charge in [0.15, 0.2) is 0 Å². The lowest BCUT2D eigenvalue weighted by atomic mass is 9.86. The molecule has 1 aliphatic heterocycles. The molecule has 120 valence electrons. The molecule has 0 amide bonds. The number of hydrogen-bond donors (Lipinski definition) is 2. The summed E-state index contributed by atoms with van der Waals surface area (Å²) in [4.78, 5) is 11.5. The molecule has 1 fully saturated rings. The molecule has 1 saturated heterocycles. The molecule has 2 aromatic rings. The van der Waals surface area contributed by atoms with Crippen LogP contribution in [0.4, 0.5) is 4.39 Å². The Kier molecular flexibility index (Phi) is 4.30. The van der Waals surface area contributed by atoms with E-state index in [1.165, 1.54) is 24.3 Å². The zero-order chi connectivity index (χ0) is 16.4. The number of aromatic hydroxyl groups is 1. The van der Waals surface area contributed by atoms with E-state index < -0.39 is 18.0 Å². The maximum Gasteiger partial charge on any atom is 0.309 e. The Balaban J connectivity index is 1.87. The summed E-state index contributed by atoms with van der Waals surface area (Å²) in [5.41, 5.74) is 1.54. The fourth-order valence-electron chi connectivity index (χ4n) is 2.97. The first-order valence-electron chi connectivity index (χ1n) is 7.47. The van der Waals surface area contributed by atoms with E-state index in [4.69, 9.17) is 4.74 Å². The van der Waals surface area contributed by atoms with Gasteiger partial charge in [0.2, 0.25) is 0 Å². The molecule has 1 heterocycles. The predicted molar refractivity (Wildman–Crippen MR) is 81.4 cm³/mol. The molecule has 0 aliphatic carbocycles. The third kappa shape index (κ3) is 3.35. The van der Waals surface area contributed by atoms with Gasteiger partial charge in [-0.3, -0.25) is 4.79 Å². The SMILES string of the molecule is O=C(O)[C@@H]1CC[C@@H](c2ccc(F)cc2)O[C@H]1c1ccc(O)cc1. The van der Waals surface area contributed by atoms with Crippen LogP contribution in [0.15, 0.2) is 48.5 Å². The molecule has 2 aromatic carbocycles. The highest BCUT2D eigenvalue weighted by Gasteiger charge is 2.37. The first-order chi connectivity index (χ1) is 11.0. The summed E-state index contributed by atoms with van der Waals surface area (Å²) in [6.07, 6.45) is 0.169. The highest BCUT2D eigenvalue weighted by molar-refractivity contribution is 5.71. The Morgan fingerprint density at radius 2 is 1.61 bits per heavy atom. The van der Waals surface area contributed by atoms with Gasteiger partial charge in [-0.2, -0.15) is 0 Å². The van der Waals surface area contributed by atoms with Gasteiger partial charge in [-0.25, -0.2) is 4.39 Å². The Bertz CT molecular complexity index is 681. The number of carboxylic acids is 1.